The maximum Gasteiger partial charge on any atom is 0.416 e. The number of azo groups is 2. The third kappa shape index (κ3) is 12.8. The minimum Gasteiger partial charge on any atom is -0.324 e. The summed E-state index contributed by atoms with van der Waals surface area (Å²) in [4.78, 5) is 78.1. The first-order valence-electron chi connectivity index (χ1n) is 19.3. The third-order valence-corrected chi connectivity index (χ3v) is 10.9. The van der Waals surface area contributed by atoms with Gasteiger partial charge in [0, 0.05) is 11.4 Å². The second-order valence-electron chi connectivity index (χ2n) is 14.5. The molecule has 0 aliphatic rings. The van der Waals surface area contributed by atoms with Crippen molar-refractivity contribution >= 4 is 116 Å². The molecule has 5 aromatic carbocycles. The molecule has 0 saturated carbocycles. The zero-order chi connectivity index (χ0) is 50.4. The topological polar surface area (TPSA) is 200 Å². The van der Waals surface area contributed by atoms with Gasteiger partial charge < -0.3 is 21.3 Å². The van der Waals surface area contributed by atoms with Gasteiger partial charge in [0.15, 0.2) is 11.6 Å². The van der Waals surface area contributed by atoms with Crippen molar-refractivity contribution in [2.45, 2.75) is 52.1 Å². The molecule has 2 atom stereocenters. The lowest BCUT2D eigenvalue weighted by Gasteiger charge is -2.16. The molecule has 5 aromatic rings. The average Bonchev–Trinajstić information content (AvgIpc) is 3.24. The van der Waals surface area contributed by atoms with Crippen molar-refractivity contribution in [1.29, 1.82) is 0 Å². The number of aryl methyl sites for hydroxylation is 2. The van der Waals surface area contributed by atoms with Crippen molar-refractivity contribution in [2.75, 3.05) is 21.3 Å². The van der Waals surface area contributed by atoms with Crippen LogP contribution in [0.2, 0.25) is 20.1 Å². The van der Waals surface area contributed by atoms with E-state index < -0.39 is 70.8 Å². The van der Waals surface area contributed by atoms with Gasteiger partial charge in [0.05, 0.1) is 53.7 Å². The minimum absolute atomic E-state index is 0.175. The maximum atomic E-state index is 13.4. The van der Waals surface area contributed by atoms with Crippen molar-refractivity contribution < 1.29 is 55.1 Å². The fraction of sp³-hybridized carbons (Fsp3) is 0.182. The molecule has 0 heterocycles. The Kier molecular flexibility index (Phi) is 16.5. The Morgan fingerprint density at radius 2 is 0.853 bits per heavy atom. The van der Waals surface area contributed by atoms with Crippen LogP contribution in [0.4, 0.5) is 60.5 Å². The molecule has 0 fully saturated rings. The number of benzene rings is 5. The van der Waals surface area contributed by atoms with Crippen LogP contribution in [-0.2, 0) is 31.5 Å². The molecule has 68 heavy (non-hydrogen) atoms. The van der Waals surface area contributed by atoms with E-state index in [0.29, 0.717) is 23.3 Å². The van der Waals surface area contributed by atoms with Gasteiger partial charge in [-0.1, -0.05) is 58.5 Å². The second kappa shape index (κ2) is 21.5. The molecule has 4 N–H and O–H groups in total. The van der Waals surface area contributed by atoms with Gasteiger partial charge in [0.1, 0.15) is 11.4 Å². The summed E-state index contributed by atoms with van der Waals surface area (Å²) in [6.07, 6.45) is -9.44. The van der Waals surface area contributed by atoms with Crippen LogP contribution in [-0.4, -0.2) is 47.3 Å². The smallest absolute Gasteiger partial charge is 0.324 e. The number of alkyl halides is 6. The number of rotatable bonds is 14. The molecule has 5 rings (SSSR count). The monoisotopic (exact) mass is 1020 g/mol. The van der Waals surface area contributed by atoms with Gasteiger partial charge in [-0.3, -0.25) is 28.8 Å². The quantitative estimate of drug-likeness (QED) is 0.0484. The zero-order valence-electron chi connectivity index (χ0n) is 35.3. The number of hydrogen-bond donors (Lipinski definition) is 4. The highest BCUT2D eigenvalue weighted by Crippen LogP contribution is 2.37. The SMILES string of the molecule is CC(=O)C(N=Nc1cccc(C(=O)Nc2cc(C(F)(F)F)ccc2Cl)c1Cl)C(=O)Nc1cc(C)c(NC(=O)C(N=Nc2cccc(C(=O)Nc3cc(C(F)(F)F)ccc3Cl)c2Cl)C(C)=O)cc1C. The van der Waals surface area contributed by atoms with Crippen LogP contribution in [0, 0.1) is 13.8 Å². The number of carbonyl (C=O) groups is 6. The van der Waals surface area contributed by atoms with E-state index in [9.17, 15) is 55.1 Å². The molecule has 0 saturated heterocycles. The summed E-state index contributed by atoms with van der Waals surface area (Å²) < 4.78 is 79.5. The number of amides is 4. The van der Waals surface area contributed by atoms with Crippen LogP contribution in [0.3, 0.4) is 0 Å². The fourth-order valence-corrected chi connectivity index (χ4v) is 6.71. The summed E-state index contributed by atoms with van der Waals surface area (Å²) in [5.41, 5.74) is -2.62. The Morgan fingerprint density at radius 1 is 0.500 bits per heavy atom. The van der Waals surface area contributed by atoms with Gasteiger partial charge >= 0.3 is 12.4 Å². The van der Waals surface area contributed by atoms with E-state index in [0.717, 1.165) is 38.1 Å². The lowest BCUT2D eigenvalue weighted by atomic mass is 10.1. The number of nitrogens with one attached hydrogen (secondary N) is 4. The Balaban J connectivity index is 1.27. The Bertz CT molecular complexity index is 2740. The normalized spacial score (nSPS) is 12.7. The van der Waals surface area contributed by atoms with Crippen LogP contribution in [0.5, 0.6) is 0 Å². The molecule has 0 aliphatic carbocycles. The molecule has 354 valence electrons. The van der Waals surface area contributed by atoms with E-state index in [1.54, 1.807) is 13.8 Å². The van der Waals surface area contributed by atoms with E-state index in [2.05, 4.69) is 41.7 Å². The van der Waals surface area contributed by atoms with Crippen LogP contribution in [0.15, 0.2) is 105 Å². The zero-order valence-corrected chi connectivity index (χ0v) is 38.3. The summed E-state index contributed by atoms with van der Waals surface area (Å²) in [6.45, 7) is 5.23. The van der Waals surface area contributed by atoms with Gasteiger partial charge in [-0.25, -0.2) is 0 Å². The number of halogens is 10. The van der Waals surface area contributed by atoms with Crippen LogP contribution >= 0.6 is 46.4 Å². The highest BCUT2D eigenvalue weighted by Gasteiger charge is 2.33. The highest BCUT2D eigenvalue weighted by atomic mass is 35.5. The molecule has 2 unspecified atom stereocenters. The second-order valence-corrected chi connectivity index (χ2v) is 16.1. The number of ketones is 2. The van der Waals surface area contributed by atoms with Crippen molar-refractivity contribution in [1.82, 2.24) is 0 Å². The molecule has 0 aromatic heterocycles. The Labute approximate surface area is 401 Å². The molecular weight excluding hydrogens is 992 g/mol. The molecule has 0 aliphatic heterocycles. The van der Waals surface area contributed by atoms with E-state index >= 15 is 0 Å². The summed E-state index contributed by atoms with van der Waals surface area (Å²) in [7, 11) is 0. The van der Waals surface area contributed by atoms with Crippen molar-refractivity contribution in [3.8, 4) is 0 Å². The molecule has 0 radical (unpaired) electrons. The molecule has 14 nitrogen and oxygen atoms in total. The predicted molar refractivity (Wildman–Crippen MR) is 243 cm³/mol. The van der Waals surface area contributed by atoms with Gasteiger partial charge in [-0.15, -0.1) is 0 Å². The largest absolute Gasteiger partial charge is 0.416 e. The number of nitrogens with zero attached hydrogens (tertiary/aromatic N) is 4. The van der Waals surface area contributed by atoms with Crippen LogP contribution < -0.4 is 21.3 Å². The van der Waals surface area contributed by atoms with Crippen LogP contribution in [0.25, 0.3) is 0 Å². The van der Waals surface area contributed by atoms with E-state index in [1.807, 2.05) is 0 Å². The minimum atomic E-state index is -4.72. The van der Waals surface area contributed by atoms with Gasteiger partial charge in [-0.2, -0.15) is 46.8 Å². The summed E-state index contributed by atoms with van der Waals surface area (Å²) in [5.74, 6) is -5.30. The first-order chi connectivity index (χ1) is 31.8. The maximum absolute atomic E-state index is 13.4. The average molecular weight is 1020 g/mol. The molecule has 4 amide bonds. The van der Waals surface area contributed by atoms with Crippen molar-refractivity contribution in [3.05, 3.63) is 138 Å². The molecule has 0 bridgehead atoms. The van der Waals surface area contributed by atoms with E-state index in [1.165, 1.54) is 48.5 Å². The lowest BCUT2D eigenvalue weighted by molar-refractivity contribution is -0.138. The van der Waals surface area contributed by atoms with E-state index in [-0.39, 0.29) is 65.3 Å². The molecular formula is C44H32Cl4F6N8O6. The van der Waals surface area contributed by atoms with Gasteiger partial charge in [-0.05, 0) is 112 Å². The Hall–Kier alpha value is -6.74. The number of Topliss-reactive ketones (excluding diaryl/α,β-unsaturated/α-hetero) is 2. The third-order valence-electron chi connectivity index (χ3n) is 9.45. The summed E-state index contributed by atoms with van der Waals surface area (Å²) in [6, 6.07) is 11.8. The lowest BCUT2D eigenvalue weighted by Crippen LogP contribution is -2.32. The number of carbonyl (C=O) groups excluding carboxylic acids is 6. The van der Waals surface area contributed by atoms with Gasteiger partial charge in [0.2, 0.25) is 12.1 Å². The highest BCUT2D eigenvalue weighted by molar-refractivity contribution is 6.38. The first-order valence-corrected chi connectivity index (χ1v) is 20.8. The van der Waals surface area contributed by atoms with Crippen molar-refractivity contribution in [3.63, 3.8) is 0 Å². The number of hydrogen-bond acceptors (Lipinski definition) is 10. The van der Waals surface area contributed by atoms with Gasteiger partial charge in [0.25, 0.3) is 23.6 Å². The summed E-state index contributed by atoms with van der Waals surface area (Å²) in [5, 5.41) is 24.2. The van der Waals surface area contributed by atoms with Crippen LogP contribution in [0.1, 0.15) is 56.8 Å². The predicted octanol–water partition coefficient (Wildman–Crippen LogP) is 12.8. The fourth-order valence-electron chi connectivity index (χ4n) is 5.88. The first kappa shape index (κ1) is 52.2. The number of anilines is 4. The summed E-state index contributed by atoms with van der Waals surface area (Å²) >= 11 is 24.8. The standard InChI is InChI=1S/C44H32Cl4F6N8O6/c1-19-15-32(56-42(68)38(22(4)64)62-60-30-10-6-8-26(36(30)48)40(66)58-34-18-24(44(52,53)54)12-14-28(34)46)20(2)16-31(19)55-41(67)37(21(3)63)61-59-29-9-5-7-25(35(29)47)39(65)57-33-17-23(43(49,50)51)11-13-27(33)45/h5-18,37-38H,1-4H3,(H,55,67)(H,56,68)(H,57,65)(H,58,66). The Morgan fingerprint density at radius 3 is 1.18 bits per heavy atom. The van der Waals surface area contributed by atoms with Crippen molar-refractivity contribution in [2.24, 2.45) is 20.5 Å². The molecule has 24 heteroatoms. The molecule has 0 spiro atoms. The van der Waals surface area contributed by atoms with E-state index in [4.69, 9.17) is 46.4 Å².